The molecule has 1 aliphatic rings. The van der Waals surface area contributed by atoms with Crippen molar-refractivity contribution >= 4 is 35.0 Å². The number of hydrogen-bond acceptors (Lipinski definition) is 8. The lowest BCUT2D eigenvalue weighted by Gasteiger charge is -2.25. The highest BCUT2D eigenvalue weighted by molar-refractivity contribution is 7.07. The van der Waals surface area contributed by atoms with Gasteiger partial charge in [-0.1, -0.05) is 23.5 Å². The van der Waals surface area contributed by atoms with Crippen molar-refractivity contribution in [1.29, 1.82) is 0 Å². The molecule has 1 aliphatic heterocycles. The number of esters is 1. The van der Waals surface area contributed by atoms with Crippen molar-refractivity contribution in [3.8, 4) is 0 Å². The van der Waals surface area contributed by atoms with Crippen molar-refractivity contribution in [3.63, 3.8) is 0 Å². The van der Waals surface area contributed by atoms with E-state index in [4.69, 9.17) is 9.15 Å². The highest BCUT2D eigenvalue weighted by Crippen LogP contribution is 2.31. The zero-order valence-corrected chi connectivity index (χ0v) is 22.4. The second-order valence-corrected chi connectivity index (χ2v) is 9.65. The molecule has 2 aromatic heterocycles. The van der Waals surface area contributed by atoms with Gasteiger partial charge >= 0.3 is 5.97 Å². The quantitative estimate of drug-likeness (QED) is 0.435. The van der Waals surface area contributed by atoms with E-state index in [0.29, 0.717) is 26.4 Å². The van der Waals surface area contributed by atoms with Gasteiger partial charge in [-0.15, -0.1) is 0 Å². The van der Waals surface area contributed by atoms with Gasteiger partial charge in [0.05, 0.1) is 28.5 Å². The summed E-state index contributed by atoms with van der Waals surface area (Å²) in [6.07, 6.45) is 1.74. The standard InChI is InChI=1S/C27H32N4O4S/c1-7-30(8-2)22-15-14-20(35-22)16-21-25(32)31-24(18-10-12-19(13-11-18)29(5)6)23(26(33)34-9-3)17(4)28-27(31)36-21/h10-16,24H,7-9H2,1-6H3/b21-16+/t24-/m0/s1. The van der Waals surface area contributed by atoms with Crippen LogP contribution in [0.5, 0.6) is 0 Å². The van der Waals surface area contributed by atoms with E-state index in [0.717, 1.165) is 30.2 Å². The first-order valence-electron chi connectivity index (χ1n) is 12.1. The van der Waals surface area contributed by atoms with Gasteiger partial charge in [-0.3, -0.25) is 9.36 Å². The van der Waals surface area contributed by atoms with Crippen molar-refractivity contribution in [2.75, 3.05) is 43.6 Å². The van der Waals surface area contributed by atoms with E-state index in [1.807, 2.05) is 55.4 Å². The first-order chi connectivity index (χ1) is 17.3. The molecule has 0 N–H and O–H groups in total. The second-order valence-electron chi connectivity index (χ2n) is 8.64. The molecule has 3 aromatic rings. The molecule has 190 valence electrons. The molecule has 0 fully saturated rings. The zero-order valence-electron chi connectivity index (χ0n) is 21.6. The van der Waals surface area contributed by atoms with Crippen LogP contribution in [0.4, 0.5) is 11.6 Å². The van der Waals surface area contributed by atoms with Crippen LogP contribution in [0.1, 0.15) is 45.1 Å². The number of hydrogen-bond donors (Lipinski definition) is 0. The van der Waals surface area contributed by atoms with Crippen LogP contribution >= 0.6 is 11.3 Å². The number of aromatic nitrogens is 1. The number of carbonyl (C=O) groups excluding carboxylic acids is 1. The lowest BCUT2D eigenvalue weighted by atomic mass is 9.95. The zero-order chi connectivity index (χ0) is 26.0. The smallest absolute Gasteiger partial charge is 0.338 e. The number of benzene rings is 1. The molecule has 0 radical (unpaired) electrons. The highest BCUT2D eigenvalue weighted by Gasteiger charge is 2.33. The van der Waals surface area contributed by atoms with Crippen molar-refractivity contribution in [1.82, 2.24) is 4.57 Å². The fourth-order valence-corrected chi connectivity index (χ4v) is 5.34. The van der Waals surface area contributed by atoms with Crippen molar-refractivity contribution in [3.05, 3.63) is 78.7 Å². The molecule has 0 spiro atoms. The molecule has 1 atom stereocenters. The monoisotopic (exact) mass is 508 g/mol. The van der Waals surface area contributed by atoms with Gasteiger partial charge in [0, 0.05) is 45.0 Å². The average molecular weight is 509 g/mol. The molecule has 8 nitrogen and oxygen atoms in total. The van der Waals surface area contributed by atoms with E-state index in [1.54, 1.807) is 24.5 Å². The first-order valence-corrected chi connectivity index (χ1v) is 12.9. The molecule has 36 heavy (non-hydrogen) atoms. The number of nitrogens with zero attached hydrogens (tertiary/aromatic N) is 4. The van der Waals surface area contributed by atoms with Crippen LogP contribution in [0.25, 0.3) is 6.08 Å². The molecule has 0 amide bonds. The Morgan fingerprint density at radius 1 is 1.14 bits per heavy atom. The molecule has 4 rings (SSSR count). The third-order valence-electron chi connectivity index (χ3n) is 6.20. The SMILES string of the molecule is CCOC(=O)C1=C(C)N=c2s/c(=C/c3ccc(N(CC)CC)o3)c(=O)n2[C@H]1c1ccc(N(C)C)cc1. The second kappa shape index (κ2) is 10.6. The summed E-state index contributed by atoms with van der Waals surface area (Å²) in [5, 5.41) is 0. The van der Waals surface area contributed by atoms with Crippen molar-refractivity contribution < 1.29 is 13.9 Å². The Labute approximate surface area is 214 Å². The van der Waals surface area contributed by atoms with Gasteiger partial charge in [0.1, 0.15) is 5.76 Å². The summed E-state index contributed by atoms with van der Waals surface area (Å²) in [6.45, 7) is 9.58. The molecular formula is C27H32N4O4S. The Bertz CT molecular complexity index is 1460. The van der Waals surface area contributed by atoms with Gasteiger partial charge in [-0.25, -0.2) is 9.79 Å². The number of allylic oxidation sites excluding steroid dienone is 1. The topological polar surface area (TPSA) is 80.3 Å². The minimum absolute atomic E-state index is 0.226. The van der Waals surface area contributed by atoms with Gasteiger partial charge in [-0.05, 0) is 51.5 Å². The maximum absolute atomic E-state index is 13.7. The maximum atomic E-state index is 13.7. The number of rotatable bonds is 8. The van der Waals surface area contributed by atoms with E-state index in [2.05, 4.69) is 23.7 Å². The number of thiazole rings is 1. The number of fused-ring (bicyclic) bond motifs is 1. The molecule has 3 heterocycles. The third kappa shape index (κ3) is 4.75. The Balaban J connectivity index is 1.87. The van der Waals surface area contributed by atoms with Gasteiger partial charge in [0.25, 0.3) is 5.56 Å². The van der Waals surface area contributed by atoms with Crippen LogP contribution in [0.3, 0.4) is 0 Å². The lowest BCUT2D eigenvalue weighted by Crippen LogP contribution is -2.39. The van der Waals surface area contributed by atoms with Crippen molar-refractivity contribution in [2.24, 2.45) is 4.99 Å². The van der Waals surface area contributed by atoms with Crippen molar-refractivity contribution in [2.45, 2.75) is 33.7 Å². The van der Waals surface area contributed by atoms with Gasteiger partial charge in [0.15, 0.2) is 10.7 Å². The van der Waals surface area contributed by atoms with Crippen LogP contribution in [-0.4, -0.2) is 44.3 Å². The van der Waals surface area contributed by atoms with Gasteiger partial charge in [0.2, 0.25) is 0 Å². The van der Waals surface area contributed by atoms with E-state index >= 15 is 0 Å². The van der Waals surface area contributed by atoms with Crippen LogP contribution in [0.2, 0.25) is 0 Å². The Kier molecular flexibility index (Phi) is 7.49. The molecular weight excluding hydrogens is 476 g/mol. The van der Waals surface area contributed by atoms with Crippen LogP contribution in [0.15, 0.2) is 61.9 Å². The summed E-state index contributed by atoms with van der Waals surface area (Å²) in [5.41, 5.74) is 2.52. The largest absolute Gasteiger partial charge is 0.463 e. The van der Waals surface area contributed by atoms with E-state index < -0.39 is 12.0 Å². The molecule has 0 saturated heterocycles. The normalized spacial score (nSPS) is 15.5. The minimum Gasteiger partial charge on any atom is -0.463 e. The molecule has 0 saturated carbocycles. The first kappa shape index (κ1) is 25.5. The maximum Gasteiger partial charge on any atom is 0.338 e. The van der Waals surface area contributed by atoms with Gasteiger partial charge < -0.3 is 19.0 Å². The summed E-state index contributed by atoms with van der Waals surface area (Å²) in [7, 11) is 3.93. The van der Waals surface area contributed by atoms with E-state index in [9.17, 15) is 9.59 Å². The average Bonchev–Trinajstić information content (AvgIpc) is 3.43. The Hall–Kier alpha value is -3.59. The Morgan fingerprint density at radius 3 is 2.44 bits per heavy atom. The lowest BCUT2D eigenvalue weighted by molar-refractivity contribution is -0.139. The molecule has 0 unspecified atom stereocenters. The summed E-state index contributed by atoms with van der Waals surface area (Å²) in [4.78, 5) is 36.0. The molecule has 1 aromatic carbocycles. The van der Waals surface area contributed by atoms with Gasteiger partial charge in [-0.2, -0.15) is 0 Å². The fraction of sp³-hybridized carbons (Fsp3) is 0.370. The third-order valence-corrected chi connectivity index (χ3v) is 7.19. The predicted molar refractivity (Wildman–Crippen MR) is 143 cm³/mol. The van der Waals surface area contributed by atoms with Crippen LogP contribution in [0, 0.1) is 0 Å². The summed E-state index contributed by atoms with van der Waals surface area (Å²) in [5.74, 6) is 0.887. The fourth-order valence-electron chi connectivity index (χ4n) is 4.32. The summed E-state index contributed by atoms with van der Waals surface area (Å²) < 4.78 is 13.4. The number of furan rings is 1. The number of carbonyl (C=O) groups is 1. The minimum atomic E-state index is -0.638. The van der Waals surface area contributed by atoms with E-state index in [-0.39, 0.29) is 12.2 Å². The highest BCUT2D eigenvalue weighted by atomic mass is 32.1. The van der Waals surface area contributed by atoms with Crippen LogP contribution < -0.4 is 24.7 Å². The summed E-state index contributed by atoms with van der Waals surface area (Å²) in [6, 6.07) is 11.0. The number of anilines is 2. The molecule has 0 aliphatic carbocycles. The van der Waals surface area contributed by atoms with E-state index in [1.165, 1.54) is 11.3 Å². The van der Waals surface area contributed by atoms with Crippen LogP contribution in [-0.2, 0) is 9.53 Å². The molecule has 9 heteroatoms. The Morgan fingerprint density at radius 2 is 1.83 bits per heavy atom. The predicted octanol–water partition coefficient (Wildman–Crippen LogP) is 3.30. The summed E-state index contributed by atoms with van der Waals surface area (Å²) >= 11 is 1.28. The molecule has 0 bridgehead atoms. The number of ether oxygens (including phenoxy) is 1.